The van der Waals surface area contributed by atoms with Gasteiger partial charge in [-0.3, -0.25) is 4.79 Å². The van der Waals surface area contributed by atoms with Gasteiger partial charge in [0.15, 0.2) is 0 Å². The van der Waals surface area contributed by atoms with Crippen LogP contribution >= 0.6 is 0 Å². The molecule has 0 radical (unpaired) electrons. The number of hydrogen-bond donors (Lipinski definition) is 1. The molecule has 30 heavy (non-hydrogen) atoms. The molecule has 3 aromatic rings. The molecule has 0 aliphatic carbocycles. The largest absolute Gasteiger partial charge is 0.496 e. The van der Waals surface area contributed by atoms with Gasteiger partial charge < -0.3 is 24.1 Å². The van der Waals surface area contributed by atoms with Crippen molar-refractivity contribution < 1.29 is 18.7 Å². The van der Waals surface area contributed by atoms with Crippen LogP contribution in [-0.4, -0.2) is 52.2 Å². The molecule has 0 fully saturated rings. The van der Waals surface area contributed by atoms with Crippen LogP contribution in [-0.2, 0) is 4.79 Å². The maximum atomic E-state index is 12.3. The number of furan rings is 1. The second kappa shape index (κ2) is 9.50. The van der Waals surface area contributed by atoms with Crippen LogP contribution in [0.4, 0.5) is 0 Å². The topological polar surface area (TPSA) is 63.9 Å². The Morgan fingerprint density at radius 1 is 1.10 bits per heavy atom. The summed E-state index contributed by atoms with van der Waals surface area (Å²) >= 11 is 0. The van der Waals surface area contributed by atoms with Crippen molar-refractivity contribution in [1.29, 1.82) is 0 Å². The van der Waals surface area contributed by atoms with Gasteiger partial charge in [-0.25, -0.2) is 0 Å². The summed E-state index contributed by atoms with van der Waals surface area (Å²) in [4.78, 5) is 14.3. The first-order valence-electron chi connectivity index (χ1n) is 9.78. The fraction of sp³-hybridized carbons (Fsp3) is 0.292. The lowest BCUT2D eigenvalue weighted by Crippen LogP contribution is -2.30. The van der Waals surface area contributed by atoms with Gasteiger partial charge in [0.25, 0.3) is 0 Å². The van der Waals surface area contributed by atoms with Crippen molar-refractivity contribution in [2.75, 3.05) is 41.4 Å². The Hall–Kier alpha value is -3.25. The van der Waals surface area contributed by atoms with Crippen molar-refractivity contribution in [1.82, 2.24) is 10.2 Å². The number of methoxy groups -OCH3 is 2. The normalized spacial score (nSPS) is 11.7. The summed E-state index contributed by atoms with van der Waals surface area (Å²) in [5, 5.41) is 3.83. The maximum Gasteiger partial charge on any atom is 0.244 e. The van der Waals surface area contributed by atoms with E-state index in [2.05, 4.69) is 5.32 Å². The number of rotatable bonds is 8. The standard InChI is InChI=1S/C24H28N2O4/c1-16(12-24(27)25-10-11-26(2)3)18-13-19-20(15-30-23(19)14-22(18)29-5)17-8-6-7-9-21(17)28-4/h6-9,12-15H,10-11H2,1-5H3,(H,25,27)/b16-12+. The summed E-state index contributed by atoms with van der Waals surface area (Å²) in [6.07, 6.45) is 3.32. The zero-order valence-corrected chi connectivity index (χ0v) is 18.1. The molecule has 0 saturated carbocycles. The minimum Gasteiger partial charge on any atom is -0.496 e. The number of allylic oxidation sites excluding steroid dienone is 1. The summed E-state index contributed by atoms with van der Waals surface area (Å²) in [6, 6.07) is 11.7. The van der Waals surface area contributed by atoms with Gasteiger partial charge in [0.2, 0.25) is 5.91 Å². The van der Waals surface area contributed by atoms with Gasteiger partial charge in [0, 0.05) is 47.3 Å². The average molecular weight is 408 g/mol. The molecule has 3 rings (SSSR count). The predicted octanol–water partition coefficient (Wildman–Crippen LogP) is 4.20. The van der Waals surface area contributed by atoms with Crippen LogP contribution in [0.1, 0.15) is 12.5 Å². The molecule has 1 aromatic heterocycles. The molecular formula is C24H28N2O4. The number of hydrogen-bond acceptors (Lipinski definition) is 5. The number of nitrogens with one attached hydrogen (secondary N) is 1. The Labute approximate surface area is 177 Å². The molecule has 1 heterocycles. The second-order valence-electron chi connectivity index (χ2n) is 7.32. The minimum atomic E-state index is -0.131. The van der Waals surface area contributed by atoms with Crippen LogP contribution in [0.25, 0.3) is 27.7 Å². The van der Waals surface area contributed by atoms with Crippen LogP contribution in [0.2, 0.25) is 0 Å². The third-order valence-electron chi connectivity index (χ3n) is 4.92. The molecular weight excluding hydrogens is 380 g/mol. The highest BCUT2D eigenvalue weighted by Gasteiger charge is 2.16. The number of amides is 1. The highest BCUT2D eigenvalue weighted by atomic mass is 16.5. The highest BCUT2D eigenvalue weighted by molar-refractivity contribution is 6.01. The molecule has 2 aromatic carbocycles. The molecule has 6 nitrogen and oxygen atoms in total. The summed E-state index contributed by atoms with van der Waals surface area (Å²) in [5.74, 6) is 1.29. The number of fused-ring (bicyclic) bond motifs is 1. The average Bonchev–Trinajstić information content (AvgIpc) is 3.15. The lowest BCUT2D eigenvalue weighted by Gasteiger charge is -2.12. The van der Waals surface area contributed by atoms with Crippen LogP contribution in [0.5, 0.6) is 11.5 Å². The number of carbonyl (C=O) groups excluding carboxylic acids is 1. The van der Waals surface area contributed by atoms with Gasteiger partial charge in [-0.2, -0.15) is 0 Å². The molecule has 0 atom stereocenters. The molecule has 1 N–H and O–H groups in total. The lowest BCUT2D eigenvalue weighted by molar-refractivity contribution is -0.116. The Balaban J connectivity index is 2.00. The zero-order valence-electron chi connectivity index (χ0n) is 18.1. The number of nitrogens with zero attached hydrogens (tertiary/aromatic N) is 1. The van der Waals surface area contributed by atoms with E-state index >= 15 is 0 Å². The van der Waals surface area contributed by atoms with E-state index in [1.807, 2.05) is 62.3 Å². The molecule has 0 aliphatic rings. The molecule has 0 aliphatic heterocycles. The van der Waals surface area contributed by atoms with Crippen LogP contribution < -0.4 is 14.8 Å². The first-order chi connectivity index (χ1) is 14.4. The number of likely N-dealkylation sites (N-methyl/N-ethyl adjacent to an activating group) is 1. The molecule has 0 saturated heterocycles. The van der Waals surface area contributed by atoms with Gasteiger partial charge in [0.05, 0.1) is 20.5 Å². The van der Waals surface area contributed by atoms with E-state index in [1.54, 1.807) is 26.6 Å². The fourth-order valence-corrected chi connectivity index (χ4v) is 3.34. The summed E-state index contributed by atoms with van der Waals surface area (Å²) < 4.78 is 16.9. The van der Waals surface area contributed by atoms with Gasteiger partial charge in [-0.05, 0) is 38.7 Å². The number of para-hydroxylation sites is 1. The van der Waals surface area contributed by atoms with Crippen LogP contribution in [0.3, 0.4) is 0 Å². The first-order valence-corrected chi connectivity index (χ1v) is 9.78. The predicted molar refractivity (Wildman–Crippen MR) is 120 cm³/mol. The smallest absolute Gasteiger partial charge is 0.244 e. The van der Waals surface area contributed by atoms with Gasteiger partial charge in [-0.1, -0.05) is 18.2 Å². The summed E-state index contributed by atoms with van der Waals surface area (Å²) in [5.41, 5.74) is 4.22. The number of carbonyl (C=O) groups is 1. The van der Waals surface area contributed by atoms with E-state index in [0.717, 1.165) is 39.9 Å². The van der Waals surface area contributed by atoms with Crippen molar-refractivity contribution in [2.24, 2.45) is 0 Å². The van der Waals surface area contributed by atoms with Crippen LogP contribution in [0.15, 0.2) is 53.2 Å². The number of benzene rings is 2. The van der Waals surface area contributed by atoms with E-state index in [9.17, 15) is 4.79 Å². The van der Waals surface area contributed by atoms with Gasteiger partial charge in [0.1, 0.15) is 17.1 Å². The summed E-state index contributed by atoms with van der Waals surface area (Å²) in [6.45, 7) is 3.27. The number of ether oxygens (including phenoxy) is 2. The minimum absolute atomic E-state index is 0.131. The van der Waals surface area contributed by atoms with Crippen molar-refractivity contribution >= 4 is 22.4 Å². The van der Waals surface area contributed by atoms with Crippen molar-refractivity contribution in [3.8, 4) is 22.6 Å². The molecule has 1 amide bonds. The van der Waals surface area contributed by atoms with E-state index in [0.29, 0.717) is 17.9 Å². The highest BCUT2D eigenvalue weighted by Crippen LogP contribution is 2.40. The van der Waals surface area contributed by atoms with Crippen molar-refractivity contribution in [2.45, 2.75) is 6.92 Å². The second-order valence-corrected chi connectivity index (χ2v) is 7.32. The van der Waals surface area contributed by atoms with Crippen molar-refractivity contribution in [3.63, 3.8) is 0 Å². The quantitative estimate of drug-likeness (QED) is 0.566. The first kappa shape index (κ1) is 21.5. The molecule has 0 unspecified atom stereocenters. The van der Waals surface area contributed by atoms with E-state index in [-0.39, 0.29) is 5.91 Å². The SMILES string of the molecule is COc1cc2occ(-c3ccccc3OC)c2cc1/C(C)=C/C(=O)NCCN(C)C. The van der Waals surface area contributed by atoms with Crippen LogP contribution in [0, 0.1) is 0 Å². The van der Waals surface area contributed by atoms with Gasteiger partial charge in [-0.15, -0.1) is 0 Å². The third kappa shape index (κ3) is 4.66. The molecule has 0 bridgehead atoms. The van der Waals surface area contributed by atoms with Gasteiger partial charge >= 0.3 is 0 Å². The van der Waals surface area contributed by atoms with E-state index in [4.69, 9.17) is 13.9 Å². The molecule has 0 spiro atoms. The third-order valence-corrected chi connectivity index (χ3v) is 4.92. The molecule has 6 heteroatoms. The zero-order chi connectivity index (χ0) is 21.7. The Bertz CT molecular complexity index is 1070. The summed E-state index contributed by atoms with van der Waals surface area (Å²) in [7, 11) is 7.20. The lowest BCUT2D eigenvalue weighted by atomic mass is 9.99. The maximum absolute atomic E-state index is 12.3. The Morgan fingerprint density at radius 3 is 2.53 bits per heavy atom. The van der Waals surface area contributed by atoms with Crippen molar-refractivity contribution in [3.05, 3.63) is 54.3 Å². The van der Waals surface area contributed by atoms with E-state index in [1.165, 1.54) is 0 Å². The Morgan fingerprint density at radius 2 is 1.83 bits per heavy atom. The monoisotopic (exact) mass is 408 g/mol. The Kier molecular flexibility index (Phi) is 6.79. The fourth-order valence-electron chi connectivity index (χ4n) is 3.34. The molecule has 158 valence electrons. The van der Waals surface area contributed by atoms with E-state index < -0.39 is 0 Å².